The van der Waals surface area contributed by atoms with Crippen molar-refractivity contribution in [2.45, 2.75) is 32.3 Å². The number of thiocarbonyl (C=S) groups is 1. The number of carbonyl (C=O) groups is 1. The summed E-state index contributed by atoms with van der Waals surface area (Å²) in [6.45, 7) is 1.59. The van der Waals surface area contributed by atoms with Crippen molar-refractivity contribution in [2.24, 2.45) is 0 Å². The zero-order chi connectivity index (χ0) is 16.0. The van der Waals surface area contributed by atoms with Gasteiger partial charge in [-0.25, -0.2) is 0 Å². The maximum Gasteiger partial charge on any atom is 0.364 e. The third-order valence-electron chi connectivity index (χ3n) is 2.61. The summed E-state index contributed by atoms with van der Waals surface area (Å²) in [5.41, 5.74) is 0.351. The molecule has 1 atom stereocenters. The molecule has 1 heterocycles. The molecule has 1 N–H and O–H groups in total. The van der Waals surface area contributed by atoms with E-state index < -0.39 is 16.2 Å². The highest BCUT2D eigenvalue weighted by molar-refractivity contribution is 7.86. The number of aliphatic hydroxyl groups excluding tert-OH is 1. The summed E-state index contributed by atoms with van der Waals surface area (Å²) in [5, 5.41) is 9.24. The van der Waals surface area contributed by atoms with Gasteiger partial charge in [-0.1, -0.05) is 12.2 Å². The van der Waals surface area contributed by atoms with Crippen LogP contribution in [0.15, 0.2) is 24.5 Å². The van der Waals surface area contributed by atoms with Gasteiger partial charge in [-0.3, -0.25) is 4.79 Å². The van der Waals surface area contributed by atoms with Gasteiger partial charge < -0.3 is 5.11 Å². The standard InChI is InChI=1S/C13H18NO5S2/c1-10(15)13(20)7-3-6-12(16)11-5-4-8-14(9-11)19-21(2,17)18/h4-5,8-10,15H,3,6-7H2,1-2H3/q+1. The normalized spacial score (nSPS) is 12.7. The van der Waals surface area contributed by atoms with Crippen LogP contribution in [0.1, 0.15) is 36.5 Å². The summed E-state index contributed by atoms with van der Waals surface area (Å²) < 4.78 is 27.7. The second-order valence-electron chi connectivity index (χ2n) is 4.65. The number of nitrogens with zero attached hydrogens (tertiary/aromatic N) is 1. The first-order chi connectivity index (χ1) is 9.69. The largest absolute Gasteiger partial charge is 0.388 e. The molecule has 0 aliphatic heterocycles. The van der Waals surface area contributed by atoms with E-state index in [1.807, 2.05) is 0 Å². The van der Waals surface area contributed by atoms with Crippen molar-refractivity contribution in [3.63, 3.8) is 0 Å². The van der Waals surface area contributed by atoms with Crippen LogP contribution in [0.3, 0.4) is 0 Å². The zero-order valence-corrected chi connectivity index (χ0v) is 13.5. The van der Waals surface area contributed by atoms with Crippen molar-refractivity contribution in [2.75, 3.05) is 6.26 Å². The molecule has 0 aliphatic rings. The predicted molar refractivity (Wildman–Crippen MR) is 80.5 cm³/mol. The van der Waals surface area contributed by atoms with Crippen LogP contribution >= 0.6 is 12.2 Å². The maximum atomic E-state index is 12.0. The summed E-state index contributed by atoms with van der Waals surface area (Å²) in [6.07, 6.45) is 4.26. The summed E-state index contributed by atoms with van der Waals surface area (Å²) in [5.74, 6) is -0.144. The molecule has 0 bridgehead atoms. The van der Waals surface area contributed by atoms with Gasteiger partial charge in [0, 0.05) is 22.1 Å². The highest BCUT2D eigenvalue weighted by atomic mass is 32.2. The van der Waals surface area contributed by atoms with Crippen molar-refractivity contribution < 1.29 is 27.3 Å². The molecule has 0 radical (unpaired) electrons. The molecular weight excluding hydrogens is 314 g/mol. The number of hydrogen-bond donors (Lipinski definition) is 1. The summed E-state index contributed by atoms with van der Waals surface area (Å²) in [6, 6.07) is 3.11. The van der Waals surface area contributed by atoms with Crippen LogP contribution in [-0.2, 0) is 10.1 Å². The van der Waals surface area contributed by atoms with Crippen LogP contribution in [0.4, 0.5) is 0 Å². The van der Waals surface area contributed by atoms with Gasteiger partial charge in [0.25, 0.3) is 0 Å². The van der Waals surface area contributed by atoms with Gasteiger partial charge in [-0.05, 0) is 25.8 Å². The molecule has 6 nitrogen and oxygen atoms in total. The lowest BCUT2D eigenvalue weighted by Gasteiger charge is -2.05. The molecule has 1 aromatic rings. The maximum absolute atomic E-state index is 12.0. The Bertz CT molecular complexity index is 625. The van der Waals surface area contributed by atoms with Gasteiger partial charge >= 0.3 is 10.1 Å². The lowest BCUT2D eigenvalue weighted by atomic mass is 10.1. The summed E-state index contributed by atoms with van der Waals surface area (Å²) in [7, 11) is -3.65. The van der Waals surface area contributed by atoms with Gasteiger partial charge in [0.2, 0.25) is 12.4 Å². The Balaban J connectivity index is 2.62. The fraction of sp³-hybridized carbons (Fsp3) is 0.462. The number of pyridine rings is 1. The first-order valence-corrected chi connectivity index (χ1v) is 8.57. The lowest BCUT2D eigenvalue weighted by Crippen LogP contribution is -2.45. The highest BCUT2D eigenvalue weighted by Crippen LogP contribution is 2.07. The van der Waals surface area contributed by atoms with Crippen molar-refractivity contribution in [3.8, 4) is 0 Å². The van der Waals surface area contributed by atoms with Crippen LogP contribution in [-0.4, -0.2) is 36.5 Å². The van der Waals surface area contributed by atoms with Crippen molar-refractivity contribution in [1.29, 1.82) is 0 Å². The summed E-state index contributed by atoms with van der Waals surface area (Å²) >= 11 is 4.98. The second kappa shape index (κ2) is 7.58. The number of Topliss-reactive ketones (excluding diaryl/α,β-unsaturated/α-hetero) is 1. The van der Waals surface area contributed by atoms with E-state index in [1.54, 1.807) is 13.0 Å². The molecule has 0 spiro atoms. The predicted octanol–water partition coefficient (Wildman–Crippen LogP) is 0.466. The van der Waals surface area contributed by atoms with E-state index in [4.69, 9.17) is 12.2 Å². The molecule has 0 aromatic carbocycles. The van der Waals surface area contributed by atoms with Crippen LogP contribution in [0.2, 0.25) is 0 Å². The SMILES string of the molecule is CC(O)C(=S)CCCC(=O)c1ccc[n+](OS(C)(=O)=O)c1. The topological polar surface area (TPSA) is 84.5 Å². The van der Waals surface area contributed by atoms with E-state index in [1.165, 1.54) is 18.5 Å². The Morgan fingerprint density at radius 2 is 2.14 bits per heavy atom. The van der Waals surface area contributed by atoms with E-state index in [0.29, 0.717) is 23.3 Å². The lowest BCUT2D eigenvalue weighted by molar-refractivity contribution is -0.856. The van der Waals surface area contributed by atoms with Crippen LogP contribution in [0, 0.1) is 0 Å². The monoisotopic (exact) mass is 332 g/mol. The van der Waals surface area contributed by atoms with Crippen LogP contribution < -0.4 is 9.01 Å². The Labute approximate surface area is 129 Å². The van der Waals surface area contributed by atoms with Crippen molar-refractivity contribution >= 4 is 33.0 Å². The van der Waals surface area contributed by atoms with Crippen LogP contribution in [0.25, 0.3) is 0 Å². The zero-order valence-electron chi connectivity index (χ0n) is 11.9. The van der Waals surface area contributed by atoms with Crippen molar-refractivity contribution in [1.82, 2.24) is 0 Å². The third-order valence-corrected chi connectivity index (χ3v) is 3.60. The molecule has 1 unspecified atom stereocenters. The number of aliphatic hydroxyl groups is 1. The molecule has 0 aliphatic carbocycles. The molecule has 0 amide bonds. The Morgan fingerprint density at radius 1 is 1.48 bits per heavy atom. The van der Waals surface area contributed by atoms with Gasteiger partial charge in [-0.15, -0.1) is 4.28 Å². The number of aromatic nitrogens is 1. The molecule has 0 fully saturated rings. The molecular formula is C13H18NO5S2+. The highest BCUT2D eigenvalue weighted by Gasteiger charge is 2.16. The van der Waals surface area contributed by atoms with Crippen LogP contribution in [0.5, 0.6) is 0 Å². The molecule has 21 heavy (non-hydrogen) atoms. The molecule has 1 aromatic heterocycles. The fourth-order valence-corrected chi connectivity index (χ4v) is 2.15. The average molecular weight is 332 g/mol. The van der Waals surface area contributed by atoms with Crippen molar-refractivity contribution in [3.05, 3.63) is 30.1 Å². The third kappa shape index (κ3) is 6.74. The quantitative estimate of drug-likeness (QED) is 0.423. The average Bonchev–Trinajstić information content (AvgIpc) is 2.36. The fourth-order valence-electron chi connectivity index (χ4n) is 1.60. The second-order valence-corrected chi connectivity index (χ2v) is 6.73. The molecule has 0 saturated heterocycles. The number of carbonyl (C=O) groups excluding carboxylic acids is 1. The minimum Gasteiger partial charge on any atom is -0.388 e. The number of hydrogen-bond acceptors (Lipinski definition) is 6. The molecule has 116 valence electrons. The Kier molecular flexibility index (Phi) is 6.38. The Morgan fingerprint density at radius 3 is 2.71 bits per heavy atom. The first kappa shape index (κ1) is 17.7. The van der Waals surface area contributed by atoms with E-state index in [-0.39, 0.29) is 12.2 Å². The van der Waals surface area contributed by atoms with Gasteiger partial charge in [0.05, 0.1) is 17.9 Å². The molecule has 8 heteroatoms. The number of ketones is 1. The van der Waals surface area contributed by atoms with Gasteiger partial charge in [0.15, 0.2) is 5.78 Å². The smallest absolute Gasteiger partial charge is 0.364 e. The van der Waals surface area contributed by atoms with Gasteiger partial charge in [0.1, 0.15) is 0 Å². The van der Waals surface area contributed by atoms with E-state index in [0.717, 1.165) is 11.0 Å². The van der Waals surface area contributed by atoms with E-state index in [9.17, 15) is 18.3 Å². The minimum atomic E-state index is -3.65. The Hall–Kier alpha value is -1.38. The number of rotatable bonds is 8. The molecule has 0 saturated carbocycles. The first-order valence-electron chi connectivity index (χ1n) is 6.34. The van der Waals surface area contributed by atoms with Gasteiger partial charge in [-0.2, -0.15) is 8.42 Å². The van der Waals surface area contributed by atoms with E-state index in [2.05, 4.69) is 4.28 Å². The van der Waals surface area contributed by atoms with E-state index >= 15 is 0 Å². The summed E-state index contributed by atoms with van der Waals surface area (Å²) in [4.78, 5) is 12.5. The molecule has 1 rings (SSSR count). The minimum absolute atomic E-state index is 0.144.